The van der Waals surface area contributed by atoms with Crippen molar-refractivity contribution in [2.24, 2.45) is 23.7 Å². The van der Waals surface area contributed by atoms with Gasteiger partial charge in [0.1, 0.15) is 0 Å². The van der Waals surface area contributed by atoms with Crippen molar-refractivity contribution in [3.8, 4) is 0 Å². The molecular weight excluding hydrogens is 248 g/mol. The molecule has 0 spiro atoms. The molecule has 2 heterocycles. The summed E-state index contributed by atoms with van der Waals surface area (Å²) in [7, 11) is 0. The number of carbonyl (C=O) groups excluding carboxylic acids is 1. The zero-order chi connectivity index (χ0) is 14.1. The van der Waals surface area contributed by atoms with Gasteiger partial charge in [0.05, 0.1) is 0 Å². The molecule has 1 aliphatic carbocycles. The second-order valence-electron chi connectivity index (χ2n) is 7.64. The number of carbonyl (C=O) groups is 1. The van der Waals surface area contributed by atoms with Crippen LogP contribution < -0.4 is 0 Å². The fourth-order valence-corrected chi connectivity index (χ4v) is 3.97. The first-order valence-electron chi connectivity index (χ1n) is 8.64. The van der Waals surface area contributed by atoms with E-state index in [2.05, 4.69) is 23.6 Å². The Morgan fingerprint density at radius 1 is 1.10 bits per heavy atom. The molecule has 20 heavy (non-hydrogen) atoms. The first-order valence-corrected chi connectivity index (χ1v) is 8.64. The van der Waals surface area contributed by atoms with Crippen molar-refractivity contribution in [3.63, 3.8) is 0 Å². The number of likely N-dealkylation sites (tertiary alicyclic amines) is 2. The summed E-state index contributed by atoms with van der Waals surface area (Å²) in [6, 6.07) is 0. The Labute approximate surface area is 123 Å². The summed E-state index contributed by atoms with van der Waals surface area (Å²) in [4.78, 5) is 17.0. The molecule has 3 fully saturated rings. The average Bonchev–Trinajstić information content (AvgIpc) is 2.32. The van der Waals surface area contributed by atoms with Gasteiger partial charge < -0.3 is 9.80 Å². The van der Waals surface area contributed by atoms with Crippen LogP contribution in [-0.4, -0.2) is 48.4 Å². The van der Waals surface area contributed by atoms with Gasteiger partial charge in [0, 0.05) is 25.6 Å². The van der Waals surface area contributed by atoms with Crippen molar-refractivity contribution in [2.75, 3.05) is 32.7 Å². The SMILES string of the molecule is CC(C)C1CN(C(=O)C2CC(CN3CCCCC3)C2)C1. The molecule has 0 unspecified atom stereocenters. The van der Waals surface area contributed by atoms with Gasteiger partial charge in [-0.1, -0.05) is 20.3 Å². The number of rotatable bonds is 4. The highest BCUT2D eigenvalue weighted by Crippen LogP contribution is 2.38. The van der Waals surface area contributed by atoms with E-state index in [9.17, 15) is 4.79 Å². The summed E-state index contributed by atoms with van der Waals surface area (Å²) in [5, 5.41) is 0. The normalized spacial score (nSPS) is 32.0. The summed E-state index contributed by atoms with van der Waals surface area (Å²) < 4.78 is 0. The van der Waals surface area contributed by atoms with Gasteiger partial charge in [-0.25, -0.2) is 0 Å². The third kappa shape index (κ3) is 3.03. The lowest BCUT2D eigenvalue weighted by Crippen LogP contribution is -2.55. The molecule has 3 heteroatoms. The second-order valence-corrected chi connectivity index (χ2v) is 7.64. The molecule has 3 rings (SSSR count). The van der Waals surface area contributed by atoms with Crippen molar-refractivity contribution in [3.05, 3.63) is 0 Å². The van der Waals surface area contributed by atoms with E-state index in [4.69, 9.17) is 0 Å². The standard InChI is InChI=1S/C17H30N2O/c1-13(2)16-11-19(12-16)17(20)15-8-14(9-15)10-18-6-4-3-5-7-18/h13-16H,3-12H2,1-2H3. The lowest BCUT2D eigenvalue weighted by molar-refractivity contribution is -0.147. The van der Waals surface area contributed by atoms with E-state index < -0.39 is 0 Å². The topological polar surface area (TPSA) is 23.6 Å². The Morgan fingerprint density at radius 3 is 2.35 bits per heavy atom. The minimum absolute atomic E-state index is 0.359. The Kier molecular flexibility index (Phi) is 4.34. The van der Waals surface area contributed by atoms with E-state index in [1.807, 2.05) is 0 Å². The van der Waals surface area contributed by atoms with Crippen molar-refractivity contribution >= 4 is 5.91 Å². The summed E-state index contributed by atoms with van der Waals surface area (Å²) in [5.41, 5.74) is 0. The molecule has 3 nitrogen and oxygen atoms in total. The quantitative estimate of drug-likeness (QED) is 0.789. The number of hydrogen-bond acceptors (Lipinski definition) is 2. The highest BCUT2D eigenvalue weighted by atomic mass is 16.2. The van der Waals surface area contributed by atoms with E-state index in [-0.39, 0.29) is 0 Å². The van der Waals surface area contributed by atoms with Crippen LogP contribution in [0.3, 0.4) is 0 Å². The first kappa shape index (κ1) is 14.4. The maximum atomic E-state index is 12.3. The molecule has 0 N–H and O–H groups in total. The van der Waals surface area contributed by atoms with Crippen LogP contribution >= 0.6 is 0 Å². The Hall–Kier alpha value is -0.570. The van der Waals surface area contributed by atoms with Crippen LogP contribution in [-0.2, 0) is 4.79 Å². The van der Waals surface area contributed by atoms with Crippen LogP contribution in [0.15, 0.2) is 0 Å². The third-order valence-electron chi connectivity index (χ3n) is 5.71. The number of nitrogens with zero attached hydrogens (tertiary/aromatic N) is 2. The molecule has 0 aromatic rings. The van der Waals surface area contributed by atoms with E-state index in [1.165, 1.54) is 38.9 Å². The van der Waals surface area contributed by atoms with Gasteiger partial charge in [0.2, 0.25) is 5.91 Å². The second kappa shape index (κ2) is 6.05. The Balaban J connectivity index is 1.34. The van der Waals surface area contributed by atoms with E-state index >= 15 is 0 Å². The molecule has 3 aliphatic rings. The summed E-state index contributed by atoms with van der Waals surface area (Å²) in [5.74, 6) is 3.09. The minimum Gasteiger partial charge on any atom is -0.342 e. The molecule has 2 saturated heterocycles. The molecular formula is C17H30N2O. The van der Waals surface area contributed by atoms with Crippen molar-refractivity contribution < 1.29 is 4.79 Å². The lowest BCUT2D eigenvalue weighted by atomic mass is 9.73. The van der Waals surface area contributed by atoms with Gasteiger partial charge in [-0.3, -0.25) is 4.79 Å². The fourth-order valence-electron chi connectivity index (χ4n) is 3.97. The van der Waals surface area contributed by atoms with Crippen LogP contribution in [0.4, 0.5) is 0 Å². The van der Waals surface area contributed by atoms with Gasteiger partial charge in [0.25, 0.3) is 0 Å². The largest absolute Gasteiger partial charge is 0.342 e. The molecule has 1 saturated carbocycles. The van der Waals surface area contributed by atoms with Crippen molar-refractivity contribution in [1.82, 2.24) is 9.80 Å². The summed E-state index contributed by atoms with van der Waals surface area (Å²) in [6.07, 6.45) is 6.46. The minimum atomic E-state index is 0.359. The van der Waals surface area contributed by atoms with Crippen molar-refractivity contribution in [2.45, 2.75) is 46.0 Å². The predicted molar refractivity (Wildman–Crippen MR) is 81.4 cm³/mol. The molecule has 0 aromatic carbocycles. The van der Waals surface area contributed by atoms with Gasteiger partial charge in [0.15, 0.2) is 0 Å². The highest BCUT2D eigenvalue weighted by molar-refractivity contribution is 5.80. The summed E-state index contributed by atoms with van der Waals surface area (Å²) >= 11 is 0. The molecule has 0 aromatic heterocycles. The number of piperidine rings is 1. The molecule has 0 bridgehead atoms. The van der Waals surface area contributed by atoms with Gasteiger partial charge >= 0.3 is 0 Å². The molecule has 0 radical (unpaired) electrons. The van der Waals surface area contributed by atoms with Crippen LogP contribution in [0.1, 0.15) is 46.0 Å². The van der Waals surface area contributed by atoms with Gasteiger partial charge in [-0.2, -0.15) is 0 Å². The number of amides is 1. The highest BCUT2D eigenvalue weighted by Gasteiger charge is 2.41. The van der Waals surface area contributed by atoms with E-state index in [1.54, 1.807) is 0 Å². The van der Waals surface area contributed by atoms with E-state index in [0.29, 0.717) is 11.8 Å². The lowest BCUT2D eigenvalue weighted by Gasteiger charge is -2.46. The molecule has 114 valence electrons. The molecule has 2 aliphatic heterocycles. The maximum Gasteiger partial charge on any atom is 0.225 e. The third-order valence-corrected chi connectivity index (χ3v) is 5.71. The van der Waals surface area contributed by atoms with Crippen LogP contribution in [0.2, 0.25) is 0 Å². The first-order chi connectivity index (χ1) is 9.63. The Bertz CT molecular complexity index is 337. The van der Waals surface area contributed by atoms with Crippen LogP contribution in [0.5, 0.6) is 0 Å². The number of hydrogen-bond donors (Lipinski definition) is 0. The molecule has 0 atom stereocenters. The van der Waals surface area contributed by atoms with Gasteiger partial charge in [-0.05, 0) is 56.5 Å². The van der Waals surface area contributed by atoms with E-state index in [0.717, 1.165) is 43.7 Å². The smallest absolute Gasteiger partial charge is 0.225 e. The predicted octanol–water partition coefficient (Wildman–Crippen LogP) is 2.61. The van der Waals surface area contributed by atoms with Crippen LogP contribution in [0, 0.1) is 23.7 Å². The van der Waals surface area contributed by atoms with Crippen molar-refractivity contribution in [1.29, 1.82) is 0 Å². The monoisotopic (exact) mass is 278 g/mol. The molecule has 1 amide bonds. The fraction of sp³-hybridized carbons (Fsp3) is 0.941. The Morgan fingerprint density at radius 2 is 1.75 bits per heavy atom. The zero-order valence-electron chi connectivity index (χ0n) is 13.2. The summed E-state index contributed by atoms with van der Waals surface area (Å²) in [6.45, 7) is 10.4. The maximum absolute atomic E-state index is 12.3. The average molecular weight is 278 g/mol. The van der Waals surface area contributed by atoms with Crippen LogP contribution in [0.25, 0.3) is 0 Å². The zero-order valence-corrected chi connectivity index (χ0v) is 13.2. The van der Waals surface area contributed by atoms with Gasteiger partial charge in [-0.15, -0.1) is 0 Å².